The highest BCUT2D eigenvalue weighted by atomic mass is 16.5. The van der Waals surface area contributed by atoms with Crippen molar-refractivity contribution < 1.29 is 4.74 Å². The fourth-order valence-electron chi connectivity index (χ4n) is 1.24. The summed E-state index contributed by atoms with van der Waals surface area (Å²) in [5, 5.41) is 0. The highest BCUT2D eigenvalue weighted by Crippen LogP contribution is 2.11. The lowest BCUT2D eigenvalue weighted by molar-refractivity contribution is 0.398. The molecule has 0 aliphatic carbocycles. The summed E-state index contributed by atoms with van der Waals surface area (Å²) in [6.07, 6.45) is 6.82. The van der Waals surface area contributed by atoms with Gasteiger partial charge in [-0.2, -0.15) is 0 Å². The Balaban J connectivity index is 0.000000982. The predicted octanol–water partition coefficient (Wildman–Crippen LogP) is 4.41. The smallest absolute Gasteiger partial charge is 0.213 e. The molecule has 0 fully saturated rings. The summed E-state index contributed by atoms with van der Waals surface area (Å²) in [6, 6.07) is 3.74. The Labute approximate surface area is 116 Å². The average molecular weight is 260 g/mol. The van der Waals surface area contributed by atoms with Crippen LogP contribution < -0.4 is 4.74 Å². The molecule has 0 aliphatic rings. The lowest BCUT2D eigenvalue weighted by Gasteiger charge is -2.04. The molecule has 19 heavy (non-hydrogen) atoms. The number of nitrogens with zero attached hydrogens (tertiary/aromatic N) is 2. The van der Waals surface area contributed by atoms with E-state index in [1.807, 2.05) is 38.1 Å². The minimum absolute atomic E-state index is 0.580. The molecule has 3 heteroatoms. The minimum Gasteiger partial charge on any atom is -0.481 e. The van der Waals surface area contributed by atoms with Crippen molar-refractivity contribution >= 4 is 5.71 Å². The molecule has 0 unspecified atom stereocenters. The number of methoxy groups -OCH3 is 1. The Kier molecular flexibility index (Phi) is 9.06. The van der Waals surface area contributed by atoms with Crippen LogP contribution in [0.5, 0.6) is 5.88 Å². The molecular formula is C16H24N2O. The molecule has 0 N–H and O–H groups in total. The molecule has 0 aliphatic heterocycles. The van der Waals surface area contributed by atoms with E-state index in [0.717, 1.165) is 17.0 Å². The molecule has 3 nitrogen and oxygen atoms in total. The van der Waals surface area contributed by atoms with E-state index >= 15 is 0 Å². The van der Waals surface area contributed by atoms with Crippen molar-refractivity contribution in [1.29, 1.82) is 0 Å². The first-order chi connectivity index (χ1) is 9.08. The molecule has 0 saturated heterocycles. The van der Waals surface area contributed by atoms with E-state index < -0.39 is 0 Å². The van der Waals surface area contributed by atoms with E-state index in [-0.39, 0.29) is 0 Å². The first kappa shape index (κ1) is 17.1. The van der Waals surface area contributed by atoms with Gasteiger partial charge < -0.3 is 4.74 Å². The maximum atomic E-state index is 5.08. The first-order valence-corrected chi connectivity index (χ1v) is 6.46. The molecule has 0 aromatic carbocycles. The number of ether oxygens (including phenoxy) is 1. The molecule has 0 radical (unpaired) electrons. The lowest BCUT2D eigenvalue weighted by atomic mass is 10.1. The third-order valence-corrected chi connectivity index (χ3v) is 1.88. The van der Waals surface area contributed by atoms with E-state index in [2.05, 4.69) is 30.4 Å². The lowest BCUT2D eigenvalue weighted by Crippen LogP contribution is -1.99. The summed E-state index contributed by atoms with van der Waals surface area (Å²) in [6.45, 7) is 11.8. The number of hydrogen-bond acceptors (Lipinski definition) is 3. The third kappa shape index (κ3) is 7.19. The van der Waals surface area contributed by atoms with E-state index in [0.29, 0.717) is 5.88 Å². The van der Waals surface area contributed by atoms with E-state index in [4.69, 9.17) is 4.74 Å². The van der Waals surface area contributed by atoms with E-state index in [9.17, 15) is 0 Å². The van der Waals surface area contributed by atoms with Gasteiger partial charge in [0.2, 0.25) is 5.88 Å². The fraction of sp³-hybridized carbons (Fsp3) is 0.375. The standard InChI is InChI=1S/C13H16N2O.C3H8/c1-5-6-12(15-10(2)3)11-7-8-14-13(9-11)16-4;1-3-2/h5-9H,2H2,1,3-4H3;3H2,1-2H3/b6-5-,15-12?;. The summed E-state index contributed by atoms with van der Waals surface area (Å²) < 4.78 is 5.08. The number of allylic oxidation sites excluding steroid dienone is 3. The number of aromatic nitrogens is 1. The van der Waals surface area contributed by atoms with Gasteiger partial charge in [-0.25, -0.2) is 4.98 Å². The van der Waals surface area contributed by atoms with Crippen molar-refractivity contribution in [2.45, 2.75) is 34.1 Å². The number of pyridine rings is 1. The second-order valence-electron chi connectivity index (χ2n) is 4.03. The summed E-state index contributed by atoms with van der Waals surface area (Å²) in [5.74, 6) is 0.580. The minimum atomic E-state index is 0.580. The highest BCUT2D eigenvalue weighted by molar-refractivity contribution is 6.09. The molecule has 0 atom stereocenters. The van der Waals surface area contributed by atoms with Crippen LogP contribution in [0, 0.1) is 0 Å². The van der Waals surface area contributed by atoms with Crippen molar-refractivity contribution in [1.82, 2.24) is 4.98 Å². The quantitative estimate of drug-likeness (QED) is 0.752. The van der Waals surface area contributed by atoms with Crippen LogP contribution in [0.3, 0.4) is 0 Å². The Morgan fingerprint density at radius 3 is 2.58 bits per heavy atom. The summed E-state index contributed by atoms with van der Waals surface area (Å²) in [4.78, 5) is 8.42. The van der Waals surface area contributed by atoms with Gasteiger partial charge in [0.05, 0.1) is 12.8 Å². The summed E-state index contributed by atoms with van der Waals surface area (Å²) in [7, 11) is 1.59. The topological polar surface area (TPSA) is 34.5 Å². The van der Waals surface area contributed by atoms with Gasteiger partial charge in [0.1, 0.15) is 0 Å². The Morgan fingerprint density at radius 2 is 2.11 bits per heavy atom. The maximum Gasteiger partial charge on any atom is 0.213 e. The van der Waals surface area contributed by atoms with Gasteiger partial charge >= 0.3 is 0 Å². The Hall–Kier alpha value is -1.90. The summed E-state index contributed by atoms with van der Waals surface area (Å²) in [5.41, 5.74) is 2.59. The van der Waals surface area contributed by atoms with Crippen molar-refractivity contribution in [2.75, 3.05) is 7.11 Å². The van der Waals surface area contributed by atoms with Crippen LogP contribution in [-0.4, -0.2) is 17.8 Å². The second-order valence-corrected chi connectivity index (χ2v) is 4.03. The molecule has 1 aromatic rings. The predicted molar refractivity (Wildman–Crippen MR) is 82.9 cm³/mol. The largest absolute Gasteiger partial charge is 0.481 e. The molecule has 1 aromatic heterocycles. The molecule has 1 rings (SSSR count). The Morgan fingerprint density at radius 1 is 1.47 bits per heavy atom. The zero-order valence-corrected chi connectivity index (χ0v) is 12.6. The first-order valence-electron chi connectivity index (χ1n) is 6.46. The van der Waals surface area contributed by atoms with Crippen LogP contribution in [-0.2, 0) is 0 Å². The van der Waals surface area contributed by atoms with E-state index in [1.54, 1.807) is 13.3 Å². The normalized spacial score (nSPS) is 10.9. The van der Waals surface area contributed by atoms with Gasteiger partial charge in [-0.05, 0) is 26.0 Å². The molecule has 0 amide bonds. The second kappa shape index (κ2) is 10.1. The van der Waals surface area contributed by atoms with Gasteiger partial charge in [-0.1, -0.05) is 32.9 Å². The van der Waals surface area contributed by atoms with Crippen LogP contribution in [0.1, 0.15) is 39.7 Å². The molecule has 0 bridgehead atoms. The van der Waals surface area contributed by atoms with Crippen LogP contribution in [0.2, 0.25) is 0 Å². The van der Waals surface area contributed by atoms with Gasteiger partial charge in [-0.3, -0.25) is 4.99 Å². The van der Waals surface area contributed by atoms with Gasteiger partial charge in [0.25, 0.3) is 0 Å². The van der Waals surface area contributed by atoms with E-state index in [1.165, 1.54) is 6.42 Å². The van der Waals surface area contributed by atoms with Gasteiger partial charge in [-0.15, -0.1) is 0 Å². The molecule has 0 spiro atoms. The van der Waals surface area contributed by atoms with Crippen molar-refractivity contribution in [2.24, 2.45) is 4.99 Å². The van der Waals surface area contributed by atoms with Crippen molar-refractivity contribution in [3.05, 3.63) is 48.3 Å². The number of rotatable bonds is 4. The molecular weight excluding hydrogens is 236 g/mol. The van der Waals surface area contributed by atoms with Crippen LogP contribution in [0.15, 0.2) is 47.7 Å². The fourth-order valence-corrected chi connectivity index (χ4v) is 1.24. The van der Waals surface area contributed by atoms with Crippen LogP contribution in [0.4, 0.5) is 0 Å². The summed E-state index contributed by atoms with van der Waals surface area (Å²) >= 11 is 0. The Bertz CT molecular complexity index is 448. The monoisotopic (exact) mass is 260 g/mol. The highest BCUT2D eigenvalue weighted by Gasteiger charge is 2.02. The van der Waals surface area contributed by atoms with Crippen LogP contribution >= 0.6 is 0 Å². The average Bonchev–Trinajstić information content (AvgIpc) is 2.39. The maximum absolute atomic E-state index is 5.08. The zero-order valence-electron chi connectivity index (χ0n) is 12.6. The molecule has 0 saturated carbocycles. The third-order valence-electron chi connectivity index (χ3n) is 1.88. The zero-order chi connectivity index (χ0) is 14.7. The molecule has 104 valence electrons. The number of hydrogen-bond donors (Lipinski definition) is 0. The van der Waals surface area contributed by atoms with Gasteiger partial charge in [0, 0.05) is 23.5 Å². The molecule has 1 heterocycles. The van der Waals surface area contributed by atoms with Crippen LogP contribution in [0.25, 0.3) is 0 Å². The SMILES string of the molecule is C=C(C)N=C(/C=C\C)c1ccnc(OC)c1.CCC. The van der Waals surface area contributed by atoms with Crippen molar-refractivity contribution in [3.63, 3.8) is 0 Å². The van der Waals surface area contributed by atoms with Crippen molar-refractivity contribution in [3.8, 4) is 5.88 Å². The number of aliphatic imine (C=N–C) groups is 1. The van der Waals surface area contributed by atoms with Gasteiger partial charge in [0.15, 0.2) is 0 Å².